The Morgan fingerprint density at radius 3 is 2.41 bits per heavy atom. The van der Waals surface area contributed by atoms with E-state index in [-0.39, 0.29) is 18.2 Å². The highest BCUT2D eigenvalue weighted by Gasteiger charge is 2.42. The van der Waals surface area contributed by atoms with Crippen LogP contribution in [0.3, 0.4) is 0 Å². The fraction of sp³-hybridized carbons (Fsp3) is 1.00. The average Bonchev–Trinajstić information content (AvgIpc) is 2.28. The highest BCUT2D eigenvalue weighted by Crippen LogP contribution is 2.38. The summed E-state index contributed by atoms with van der Waals surface area (Å²) in [6, 6.07) is 0.181. The minimum atomic E-state index is 0.134. The molecule has 100 valence electrons. The van der Waals surface area contributed by atoms with Crippen molar-refractivity contribution in [3.05, 3.63) is 0 Å². The maximum absolute atomic E-state index is 6.15. The molecule has 0 saturated heterocycles. The lowest BCUT2D eigenvalue weighted by atomic mass is 9.76. The molecule has 2 aliphatic rings. The molecule has 0 bridgehead atoms. The summed E-state index contributed by atoms with van der Waals surface area (Å²) in [4.78, 5) is 0. The number of hydrogen-bond acceptors (Lipinski definition) is 3. The zero-order valence-electron chi connectivity index (χ0n) is 11.4. The fourth-order valence-electron chi connectivity index (χ4n) is 2.93. The van der Waals surface area contributed by atoms with Gasteiger partial charge < -0.3 is 15.2 Å². The lowest BCUT2D eigenvalue weighted by molar-refractivity contribution is -0.167. The Labute approximate surface area is 105 Å². The van der Waals surface area contributed by atoms with Gasteiger partial charge in [-0.2, -0.15) is 0 Å². The van der Waals surface area contributed by atoms with E-state index in [4.69, 9.17) is 15.2 Å². The summed E-state index contributed by atoms with van der Waals surface area (Å²) in [7, 11) is 0. The van der Waals surface area contributed by atoms with Crippen molar-refractivity contribution in [2.24, 2.45) is 11.1 Å². The van der Waals surface area contributed by atoms with Gasteiger partial charge in [0, 0.05) is 12.6 Å². The Hall–Kier alpha value is -0.120. The molecule has 0 aromatic rings. The lowest BCUT2D eigenvalue weighted by Crippen LogP contribution is -2.59. The van der Waals surface area contributed by atoms with Gasteiger partial charge in [0.25, 0.3) is 0 Å². The molecule has 0 radical (unpaired) electrons. The van der Waals surface area contributed by atoms with Crippen LogP contribution in [0.1, 0.15) is 52.9 Å². The minimum Gasteiger partial charge on any atom is -0.374 e. The molecule has 2 aliphatic carbocycles. The van der Waals surface area contributed by atoms with Crippen LogP contribution in [0.4, 0.5) is 0 Å². The van der Waals surface area contributed by atoms with E-state index in [1.165, 1.54) is 25.7 Å². The Balaban J connectivity index is 1.75. The van der Waals surface area contributed by atoms with Crippen molar-refractivity contribution in [2.75, 3.05) is 6.61 Å². The predicted octanol–water partition coefficient (Wildman–Crippen LogP) is 2.48. The normalized spacial score (nSPS) is 37.8. The number of hydrogen-bond donors (Lipinski definition) is 1. The molecule has 0 aliphatic heterocycles. The molecule has 3 heteroatoms. The zero-order chi connectivity index (χ0) is 12.5. The Bertz CT molecular complexity index is 245. The first kappa shape index (κ1) is 13.3. The van der Waals surface area contributed by atoms with E-state index < -0.39 is 0 Å². The quantitative estimate of drug-likeness (QED) is 0.822. The molecule has 0 heterocycles. The molecule has 2 rings (SSSR count). The average molecular weight is 241 g/mol. The maximum atomic E-state index is 6.15. The van der Waals surface area contributed by atoms with E-state index in [0.29, 0.717) is 11.5 Å². The third kappa shape index (κ3) is 3.21. The van der Waals surface area contributed by atoms with Crippen LogP contribution in [-0.4, -0.2) is 31.0 Å². The van der Waals surface area contributed by atoms with Crippen LogP contribution in [0, 0.1) is 5.41 Å². The van der Waals surface area contributed by atoms with Crippen LogP contribution in [0.2, 0.25) is 0 Å². The lowest BCUT2D eigenvalue weighted by Gasteiger charge is -2.45. The van der Waals surface area contributed by atoms with E-state index in [1.807, 2.05) is 6.92 Å². The number of ether oxygens (including phenoxy) is 2. The molecular weight excluding hydrogens is 214 g/mol. The Kier molecular flexibility index (Phi) is 4.11. The minimum absolute atomic E-state index is 0.134. The van der Waals surface area contributed by atoms with Crippen molar-refractivity contribution in [3.63, 3.8) is 0 Å². The number of nitrogens with two attached hydrogens (primary N) is 1. The summed E-state index contributed by atoms with van der Waals surface area (Å²) < 4.78 is 11.8. The molecular formula is C14H27NO2. The van der Waals surface area contributed by atoms with Gasteiger partial charge in [-0.15, -0.1) is 0 Å². The van der Waals surface area contributed by atoms with Gasteiger partial charge >= 0.3 is 0 Å². The highest BCUT2D eigenvalue weighted by atomic mass is 16.6. The first-order valence-electron chi connectivity index (χ1n) is 7.04. The molecule has 0 aromatic carbocycles. The van der Waals surface area contributed by atoms with E-state index in [1.54, 1.807) is 0 Å². The largest absolute Gasteiger partial charge is 0.374 e. The topological polar surface area (TPSA) is 44.5 Å². The Morgan fingerprint density at radius 1 is 1.24 bits per heavy atom. The molecule has 2 saturated carbocycles. The third-order valence-electron chi connectivity index (χ3n) is 4.31. The van der Waals surface area contributed by atoms with Gasteiger partial charge in [0.1, 0.15) is 0 Å². The summed E-state index contributed by atoms with van der Waals surface area (Å²) >= 11 is 0. The van der Waals surface area contributed by atoms with Gasteiger partial charge in [-0.3, -0.25) is 0 Å². The second-order valence-corrected chi connectivity index (χ2v) is 6.36. The van der Waals surface area contributed by atoms with Crippen molar-refractivity contribution >= 4 is 0 Å². The summed E-state index contributed by atoms with van der Waals surface area (Å²) in [6.07, 6.45) is 6.71. The number of rotatable bonds is 4. The van der Waals surface area contributed by atoms with Crippen molar-refractivity contribution in [1.82, 2.24) is 0 Å². The first-order chi connectivity index (χ1) is 8.02. The van der Waals surface area contributed by atoms with Crippen LogP contribution in [0.15, 0.2) is 0 Å². The van der Waals surface area contributed by atoms with Crippen molar-refractivity contribution in [3.8, 4) is 0 Å². The van der Waals surface area contributed by atoms with Gasteiger partial charge in [-0.05, 0) is 44.4 Å². The standard InChI is InChI=1S/C14H27NO2/c1-4-16-13-11(15)9-12(13)17-10-5-7-14(2,3)8-6-10/h10-13H,4-9,15H2,1-3H3. The first-order valence-corrected chi connectivity index (χ1v) is 7.04. The van der Waals surface area contributed by atoms with Crippen LogP contribution in [-0.2, 0) is 9.47 Å². The summed E-state index contributed by atoms with van der Waals surface area (Å²) in [6.45, 7) is 7.46. The van der Waals surface area contributed by atoms with Gasteiger partial charge in [0.05, 0.1) is 18.3 Å². The van der Waals surface area contributed by atoms with Gasteiger partial charge in [-0.1, -0.05) is 13.8 Å². The fourth-order valence-corrected chi connectivity index (χ4v) is 2.93. The summed E-state index contributed by atoms with van der Waals surface area (Å²) in [5, 5.41) is 0. The molecule has 3 nitrogen and oxygen atoms in total. The molecule has 17 heavy (non-hydrogen) atoms. The second-order valence-electron chi connectivity index (χ2n) is 6.36. The molecule has 0 spiro atoms. The van der Waals surface area contributed by atoms with Crippen molar-refractivity contribution in [2.45, 2.75) is 77.2 Å². The Morgan fingerprint density at radius 2 is 1.88 bits per heavy atom. The van der Waals surface area contributed by atoms with E-state index in [2.05, 4.69) is 13.8 Å². The van der Waals surface area contributed by atoms with Gasteiger partial charge in [0.2, 0.25) is 0 Å². The zero-order valence-corrected chi connectivity index (χ0v) is 11.4. The van der Waals surface area contributed by atoms with Crippen molar-refractivity contribution in [1.29, 1.82) is 0 Å². The van der Waals surface area contributed by atoms with Crippen LogP contribution in [0.5, 0.6) is 0 Å². The molecule has 2 fully saturated rings. The van der Waals surface area contributed by atoms with Gasteiger partial charge in [0.15, 0.2) is 0 Å². The van der Waals surface area contributed by atoms with Gasteiger partial charge in [-0.25, -0.2) is 0 Å². The van der Waals surface area contributed by atoms with Crippen LogP contribution >= 0.6 is 0 Å². The smallest absolute Gasteiger partial charge is 0.0988 e. The van der Waals surface area contributed by atoms with E-state index in [0.717, 1.165) is 13.0 Å². The predicted molar refractivity (Wildman–Crippen MR) is 68.9 cm³/mol. The van der Waals surface area contributed by atoms with E-state index >= 15 is 0 Å². The molecule has 3 atom stereocenters. The maximum Gasteiger partial charge on any atom is 0.0988 e. The summed E-state index contributed by atoms with van der Waals surface area (Å²) in [5.74, 6) is 0. The monoisotopic (exact) mass is 241 g/mol. The molecule has 2 N–H and O–H groups in total. The molecule has 3 unspecified atom stereocenters. The molecule has 0 aromatic heterocycles. The van der Waals surface area contributed by atoms with Crippen molar-refractivity contribution < 1.29 is 9.47 Å². The SMILES string of the molecule is CCOC1C(N)CC1OC1CCC(C)(C)CC1. The molecule has 0 amide bonds. The van der Waals surface area contributed by atoms with Crippen LogP contribution < -0.4 is 5.73 Å². The highest BCUT2D eigenvalue weighted by molar-refractivity contribution is 4.96. The third-order valence-corrected chi connectivity index (χ3v) is 4.31. The van der Waals surface area contributed by atoms with E-state index in [9.17, 15) is 0 Å². The second kappa shape index (κ2) is 5.25. The summed E-state index contributed by atoms with van der Waals surface area (Å²) in [5.41, 5.74) is 6.45. The van der Waals surface area contributed by atoms with Crippen LogP contribution in [0.25, 0.3) is 0 Å².